The van der Waals surface area contributed by atoms with Crippen LogP contribution in [0.3, 0.4) is 0 Å². The number of nitrogens with zero attached hydrogens (tertiary/aromatic N) is 2. The molecule has 0 aliphatic heterocycles. The van der Waals surface area contributed by atoms with Crippen molar-refractivity contribution in [3.8, 4) is 11.3 Å². The molecule has 5 nitrogen and oxygen atoms in total. The number of amides is 2. The van der Waals surface area contributed by atoms with E-state index in [-0.39, 0.29) is 11.8 Å². The normalized spacial score (nSPS) is 10.7. The molecule has 0 saturated heterocycles. The topological polar surface area (TPSA) is 58.4 Å². The number of hydrogen-bond donors (Lipinski definition) is 2. The molecule has 128 valence electrons. The summed E-state index contributed by atoms with van der Waals surface area (Å²) in [6.45, 7) is 0. The molecular weight excluding hydrogens is 331 g/mol. The van der Waals surface area contributed by atoms with Gasteiger partial charge in [0, 0.05) is 23.6 Å². The molecule has 2 heterocycles. The van der Waals surface area contributed by atoms with Crippen molar-refractivity contribution in [2.75, 3.05) is 10.6 Å². The molecule has 0 unspecified atom stereocenters. The fourth-order valence-corrected chi connectivity index (χ4v) is 2.64. The molecule has 2 amide bonds. The Labute approximate surface area is 149 Å². The Kier molecular flexibility index (Phi) is 4.07. The van der Waals surface area contributed by atoms with Gasteiger partial charge >= 0.3 is 6.03 Å². The summed E-state index contributed by atoms with van der Waals surface area (Å²) < 4.78 is 14.9. The van der Waals surface area contributed by atoms with Crippen LogP contribution < -0.4 is 10.6 Å². The quantitative estimate of drug-likeness (QED) is 0.561. The second kappa shape index (κ2) is 6.68. The predicted octanol–water partition coefficient (Wildman–Crippen LogP) is 4.78. The third-order valence-electron chi connectivity index (χ3n) is 3.88. The third kappa shape index (κ3) is 3.39. The Morgan fingerprint density at radius 2 is 1.58 bits per heavy atom. The Bertz CT molecular complexity index is 1060. The van der Waals surface area contributed by atoms with Crippen molar-refractivity contribution in [2.24, 2.45) is 0 Å². The minimum atomic E-state index is -0.325. The van der Waals surface area contributed by atoms with Crippen molar-refractivity contribution in [2.45, 2.75) is 0 Å². The van der Waals surface area contributed by atoms with Gasteiger partial charge < -0.3 is 15.0 Å². The minimum Gasteiger partial charge on any atom is -0.308 e. The van der Waals surface area contributed by atoms with Gasteiger partial charge in [0.1, 0.15) is 11.5 Å². The standard InChI is InChI=1S/C20H15FN4O/c21-15-8-6-14(7-9-15)18-13-25-12-17(10-11-19(25)24-18)23-20(26)22-16-4-2-1-3-5-16/h1-13H,(H2,22,23,26). The molecule has 2 N–H and O–H groups in total. The van der Waals surface area contributed by atoms with Crippen LogP contribution in [0.5, 0.6) is 0 Å². The van der Waals surface area contributed by atoms with E-state index in [9.17, 15) is 9.18 Å². The maximum absolute atomic E-state index is 13.1. The summed E-state index contributed by atoms with van der Waals surface area (Å²) in [4.78, 5) is 16.6. The van der Waals surface area contributed by atoms with Gasteiger partial charge in [0.2, 0.25) is 0 Å². The van der Waals surface area contributed by atoms with Crippen molar-refractivity contribution in [1.82, 2.24) is 9.38 Å². The van der Waals surface area contributed by atoms with E-state index in [0.717, 1.165) is 16.9 Å². The highest BCUT2D eigenvalue weighted by Gasteiger charge is 2.07. The number of para-hydroxylation sites is 1. The van der Waals surface area contributed by atoms with E-state index in [0.29, 0.717) is 11.4 Å². The largest absolute Gasteiger partial charge is 0.323 e. The first-order valence-electron chi connectivity index (χ1n) is 8.05. The van der Waals surface area contributed by atoms with Crippen LogP contribution >= 0.6 is 0 Å². The van der Waals surface area contributed by atoms with Crippen molar-refractivity contribution in [3.05, 3.63) is 84.9 Å². The van der Waals surface area contributed by atoms with Crippen LogP contribution in [-0.4, -0.2) is 15.4 Å². The molecule has 0 atom stereocenters. The zero-order chi connectivity index (χ0) is 17.9. The molecule has 6 heteroatoms. The number of urea groups is 1. The highest BCUT2D eigenvalue weighted by molar-refractivity contribution is 5.99. The van der Waals surface area contributed by atoms with Crippen LogP contribution in [0.15, 0.2) is 79.1 Å². The number of fused-ring (bicyclic) bond motifs is 1. The van der Waals surface area contributed by atoms with Crippen LogP contribution in [0.4, 0.5) is 20.6 Å². The summed E-state index contributed by atoms with van der Waals surface area (Å²) in [5, 5.41) is 5.56. The number of carbonyl (C=O) groups is 1. The summed E-state index contributed by atoms with van der Waals surface area (Å²) in [6.07, 6.45) is 3.61. The number of anilines is 2. The first kappa shape index (κ1) is 15.8. The van der Waals surface area contributed by atoms with Gasteiger partial charge in [-0.3, -0.25) is 0 Å². The summed E-state index contributed by atoms with van der Waals surface area (Å²) in [5.41, 5.74) is 3.64. The number of carbonyl (C=O) groups excluding carboxylic acids is 1. The van der Waals surface area contributed by atoms with Crippen molar-refractivity contribution >= 4 is 23.1 Å². The van der Waals surface area contributed by atoms with Crippen LogP contribution in [-0.2, 0) is 0 Å². The first-order chi connectivity index (χ1) is 12.7. The van der Waals surface area contributed by atoms with E-state index < -0.39 is 0 Å². The van der Waals surface area contributed by atoms with E-state index in [2.05, 4.69) is 15.6 Å². The molecule has 4 rings (SSSR count). The molecule has 0 aliphatic carbocycles. The van der Waals surface area contributed by atoms with E-state index >= 15 is 0 Å². The molecule has 0 fully saturated rings. The number of aromatic nitrogens is 2. The molecule has 2 aromatic carbocycles. The lowest BCUT2D eigenvalue weighted by Crippen LogP contribution is -2.19. The molecule has 0 aliphatic rings. The van der Waals surface area contributed by atoms with Gasteiger partial charge in [-0.15, -0.1) is 0 Å². The van der Waals surface area contributed by atoms with Gasteiger partial charge in [0.05, 0.1) is 11.4 Å². The Hall–Kier alpha value is -3.67. The number of imidazole rings is 1. The van der Waals surface area contributed by atoms with E-state index in [4.69, 9.17) is 0 Å². The summed E-state index contributed by atoms with van der Waals surface area (Å²) in [5.74, 6) is -0.284. The molecule has 4 aromatic rings. The highest BCUT2D eigenvalue weighted by atomic mass is 19.1. The molecule has 0 saturated carbocycles. The second-order valence-corrected chi connectivity index (χ2v) is 5.76. The summed E-state index contributed by atoms with van der Waals surface area (Å²) in [6, 6.07) is 18.7. The smallest absolute Gasteiger partial charge is 0.308 e. The lowest BCUT2D eigenvalue weighted by atomic mass is 10.2. The summed E-state index contributed by atoms with van der Waals surface area (Å²) in [7, 11) is 0. The van der Waals surface area contributed by atoms with Gasteiger partial charge in [-0.05, 0) is 48.5 Å². The number of halogens is 1. The fraction of sp³-hybridized carbons (Fsp3) is 0. The number of rotatable bonds is 3. The lowest BCUT2D eigenvalue weighted by Gasteiger charge is -2.07. The molecule has 26 heavy (non-hydrogen) atoms. The van der Waals surface area contributed by atoms with E-state index in [1.807, 2.05) is 47.0 Å². The van der Waals surface area contributed by atoms with Gasteiger partial charge in [-0.2, -0.15) is 0 Å². The zero-order valence-electron chi connectivity index (χ0n) is 13.7. The van der Waals surface area contributed by atoms with Crippen LogP contribution in [0.2, 0.25) is 0 Å². The molecule has 0 bridgehead atoms. The lowest BCUT2D eigenvalue weighted by molar-refractivity contribution is 0.262. The minimum absolute atomic E-state index is 0.284. The van der Waals surface area contributed by atoms with Gasteiger partial charge in [-0.25, -0.2) is 14.2 Å². The van der Waals surface area contributed by atoms with Gasteiger partial charge in [0.15, 0.2) is 0 Å². The monoisotopic (exact) mass is 346 g/mol. The second-order valence-electron chi connectivity index (χ2n) is 5.76. The highest BCUT2D eigenvalue weighted by Crippen LogP contribution is 2.21. The fourth-order valence-electron chi connectivity index (χ4n) is 2.64. The maximum atomic E-state index is 13.1. The van der Waals surface area contributed by atoms with Crippen LogP contribution in [0, 0.1) is 5.82 Å². The number of benzene rings is 2. The van der Waals surface area contributed by atoms with E-state index in [1.54, 1.807) is 24.4 Å². The molecular formula is C20H15FN4O. The number of hydrogen-bond acceptors (Lipinski definition) is 2. The Morgan fingerprint density at radius 1 is 0.846 bits per heavy atom. The van der Waals surface area contributed by atoms with Crippen molar-refractivity contribution in [3.63, 3.8) is 0 Å². The summed E-state index contributed by atoms with van der Waals surface area (Å²) >= 11 is 0. The number of nitrogens with one attached hydrogen (secondary N) is 2. The zero-order valence-corrected chi connectivity index (χ0v) is 13.7. The van der Waals surface area contributed by atoms with Gasteiger partial charge in [0.25, 0.3) is 0 Å². The average Bonchev–Trinajstić information content (AvgIpc) is 3.06. The van der Waals surface area contributed by atoms with Crippen LogP contribution in [0.25, 0.3) is 16.9 Å². The predicted molar refractivity (Wildman–Crippen MR) is 99.7 cm³/mol. The molecule has 0 radical (unpaired) electrons. The van der Waals surface area contributed by atoms with Crippen molar-refractivity contribution < 1.29 is 9.18 Å². The number of pyridine rings is 1. The Morgan fingerprint density at radius 3 is 2.35 bits per heavy atom. The maximum Gasteiger partial charge on any atom is 0.323 e. The first-order valence-corrected chi connectivity index (χ1v) is 8.05. The Balaban J connectivity index is 1.54. The van der Waals surface area contributed by atoms with Gasteiger partial charge in [-0.1, -0.05) is 18.2 Å². The molecule has 2 aromatic heterocycles. The van der Waals surface area contributed by atoms with E-state index in [1.165, 1.54) is 12.1 Å². The molecule has 0 spiro atoms. The SMILES string of the molecule is O=C(Nc1ccccc1)Nc1ccc2nc(-c3ccc(F)cc3)cn2c1. The third-order valence-corrected chi connectivity index (χ3v) is 3.88. The van der Waals surface area contributed by atoms with Crippen molar-refractivity contribution in [1.29, 1.82) is 0 Å². The van der Waals surface area contributed by atoms with Crippen LogP contribution in [0.1, 0.15) is 0 Å². The average molecular weight is 346 g/mol.